The number of aromatic hydroxyl groups is 1. The first-order chi connectivity index (χ1) is 22.4. The lowest BCUT2D eigenvalue weighted by molar-refractivity contribution is -0.141. The van der Waals surface area contributed by atoms with Crippen molar-refractivity contribution in [2.45, 2.75) is 33.0 Å². The smallest absolute Gasteiger partial charge is 0.433 e. The molecule has 6 heterocycles. The first kappa shape index (κ1) is 31.7. The van der Waals surface area contributed by atoms with Crippen LogP contribution >= 0.6 is 0 Å². The van der Waals surface area contributed by atoms with E-state index in [-0.39, 0.29) is 67.0 Å². The molecule has 0 bridgehead atoms. The predicted octanol–water partition coefficient (Wildman–Crippen LogP) is 2.43. The number of piperazine rings is 1. The highest BCUT2D eigenvalue weighted by Crippen LogP contribution is 2.29. The summed E-state index contributed by atoms with van der Waals surface area (Å²) >= 11 is 0. The van der Waals surface area contributed by atoms with Crippen molar-refractivity contribution in [3.8, 4) is 5.75 Å². The number of hydrogen-bond acceptors (Lipinski definition) is 10. The summed E-state index contributed by atoms with van der Waals surface area (Å²) in [5.41, 5.74) is -0.0812. The molecule has 2 N–H and O–H groups in total. The first-order valence-electron chi connectivity index (χ1n) is 14.7. The lowest BCUT2D eigenvalue weighted by Gasteiger charge is -2.36. The van der Waals surface area contributed by atoms with Crippen molar-refractivity contribution in [2.75, 3.05) is 49.6 Å². The van der Waals surface area contributed by atoms with Crippen molar-refractivity contribution in [2.24, 2.45) is 0 Å². The van der Waals surface area contributed by atoms with Gasteiger partial charge in [0, 0.05) is 38.1 Å². The fourth-order valence-electron chi connectivity index (χ4n) is 5.60. The van der Waals surface area contributed by atoms with E-state index < -0.39 is 29.2 Å². The Hall–Kier alpha value is -5.32. The summed E-state index contributed by atoms with van der Waals surface area (Å²) in [6.07, 6.45) is -0.867. The molecule has 0 aliphatic carbocycles. The molecular weight excluding hydrogens is 623 g/mol. The molecule has 2 amide bonds. The molecule has 0 unspecified atom stereocenters. The number of pyridine rings is 2. The molecule has 4 aromatic heterocycles. The molecule has 0 aromatic carbocycles. The highest BCUT2D eigenvalue weighted by atomic mass is 19.4. The fraction of sp³-hybridized carbons (Fsp3) is 0.367. The third-order valence-electron chi connectivity index (χ3n) is 8.05. The van der Waals surface area contributed by atoms with Gasteiger partial charge in [-0.1, -0.05) is 6.08 Å². The minimum Gasteiger partial charge on any atom is -0.505 e. The number of carbonyl (C=O) groups is 2. The zero-order chi connectivity index (χ0) is 33.5. The van der Waals surface area contributed by atoms with Gasteiger partial charge in [-0.05, 0) is 50.1 Å². The standard InChI is InChI=1S/C30H30F3N9O5/c1-17-20(5-6-22(35-17)30(31,32)33)36-23(44)16-41-18(2)25(28(46)42-29(41)37-26(38-42)19-7-14-47-15-8-19)39-10-12-40(13-11-39)27(45)24-21(43)4-3-9-34-24/h3-7,9,43H,8,10-16H2,1-2H3,(H,36,44). The Bertz CT molecular complexity index is 1960. The largest absolute Gasteiger partial charge is 0.505 e. The van der Waals surface area contributed by atoms with Gasteiger partial charge in [0.25, 0.3) is 11.5 Å². The summed E-state index contributed by atoms with van der Waals surface area (Å²) in [5.74, 6) is -0.844. The van der Waals surface area contributed by atoms with Crippen LogP contribution in [0, 0.1) is 13.8 Å². The molecule has 1 saturated heterocycles. The normalized spacial score (nSPS) is 15.6. The summed E-state index contributed by atoms with van der Waals surface area (Å²) in [6, 6.07) is 4.83. The van der Waals surface area contributed by atoms with Crippen LogP contribution in [0.25, 0.3) is 11.4 Å². The lowest BCUT2D eigenvalue weighted by Crippen LogP contribution is -2.51. The molecule has 47 heavy (non-hydrogen) atoms. The van der Waals surface area contributed by atoms with Gasteiger partial charge in [0.2, 0.25) is 11.7 Å². The van der Waals surface area contributed by atoms with E-state index in [0.29, 0.717) is 31.2 Å². The molecular formula is C30H30F3N9O5. The van der Waals surface area contributed by atoms with Crippen LogP contribution in [-0.4, -0.2) is 90.3 Å². The number of aromatic nitrogens is 6. The summed E-state index contributed by atoms with van der Waals surface area (Å²) in [4.78, 5) is 55.8. The van der Waals surface area contributed by atoms with Gasteiger partial charge in [-0.25, -0.2) is 9.97 Å². The van der Waals surface area contributed by atoms with Gasteiger partial charge in [0.1, 0.15) is 23.7 Å². The lowest BCUT2D eigenvalue weighted by atomic mass is 10.1. The minimum atomic E-state index is -4.63. The molecule has 1 fully saturated rings. The molecule has 4 aromatic rings. The maximum Gasteiger partial charge on any atom is 0.433 e. The van der Waals surface area contributed by atoms with Crippen molar-refractivity contribution >= 4 is 34.5 Å². The molecule has 2 aliphatic rings. The second-order valence-electron chi connectivity index (χ2n) is 11.1. The van der Waals surface area contributed by atoms with E-state index in [0.717, 1.165) is 22.2 Å². The molecule has 0 saturated carbocycles. The molecule has 17 heteroatoms. The Morgan fingerprint density at radius 3 is 2.51 bits per heavy atom. The maximum absolute atomic E-state index is 13.9. The van der Waals surface area contributed by atoms with Gasteiger partial charge in [0.05, 0.1) is 24.6 Å². The third-order valence-corrected chi connectivity index (χ3v) is 8.05. The highest BCUT2D eigenvalue weighted by Gasteiger charge is 2.33. The van der Waals surface area contributed by atoms with E-state index in [1.165, 1.54) is 34.7 Å². The number of amides is 2. The van der Waals surface area contributed by atoms with Gasteiger partial charge in [0.15, 0.2) is 11.5 Å². The summed E-state index contributed by atoms with van der Waals surface area (Å²) < 4.78 is 47.4. The second-order valence-corrected chi connectivity index (χ2v) is 11.1. The van der Waals surface area contributed by atoms with Crippen LogP contribution in [0.2, 0.25) is 0 Å². The zero-order valence-corrected chi connectivity index (χ0v) is 25.4. The molecule has 246 valence electrons. The fourth-order valence-corrected chi connectivity index (χ4v) is 5.60. The number of anilines is 2. The van der Waals surface area contributed by atoms with Crippen molar-refractivity contribution in [3.05, 3.63) is 75.5 Å². The average molecular weight is 654 g/mol. The zero-order valence-electron chi connectivity index (χ0n) is 25.4. The minimum absolute atomic E-state index is 0.0155. The van der Waals surface area contributed by atoms with Crippen LogP contribution in [0.15, 0.2) is 41.3 Å². The number of rotatable bonds is 6. The Labute approximate surface area is 265 Å². The Kier molecular flexibility index (Phi) is 8.40. The van der Waals surface area contributed by atoms with Crippen LogP contribution in [0.4, 0.5) is 24.5 Å². The summed E-state index contributed by atoms with van der Waals surface area (Å²) in [6.45, 7) is 4.46. The van der Waals surface area contributed by atoms with Crippen LogP contribution in [0.5, 0.6) is 5.75 Å². The van der Waals surface area contributed by atoms with Gasteiger partial charge in [-0.3, -0.25) is 14.4 Å². The van der Waals surface area contributed by atoms with E-state index in [1.54, 1.807) is 11.8 Å². The van der Waals surface area contributed by atoms with Gasteiger partial charge < -0.3 is 29.5 Å². The third kappa shape index (κ3) is 6.25. The van der Waals surface area contributed by atoms with Gasteiger partial charge in [-0.15, -0.1) is 5.10 Å². The molecule has 0 spiro atoms. The monoisotopic (exact) mass is 653 g/mol. The highest BCUT2D eigenvalue weighted by molar-refractivity contribution is 5.95. The van der Waals surface area contributed by atoms with Crippen LogP contribution in [0.1, 0.15) is 39.8 Å². The Morgan fingerprint density at radius 2 is 1.85 bits per heavy atom. The molecule has 2 aliphatic heterocycles. The number of carbonyl (C=O) groups excluding carboxylic acids is 2. The van der Waals surface area contributed by atoms with Gasteiger partial charge >= 0.3 is 6.18 Å². The van der Waals surface area contributed by atoms with E-state index in [4.69, 9.17) is 4.74 Å². The Balaban J connectivity index is 1.32. The number of aryl methyl sites for hydroxylation is 1. The van der Waals surface area contributed by atoms with E-state index in [1.807, 2.05) is 6.08 Å². The molecule has 14 nitrogen and oxygen atoms in total. The number of halogens is 3. The van der Waals surface area contributed by atoms with Crippen LogP contribution < -0.4 is 15.8 Å². The van der Waals surface area contributed by atoms with Gasteiger partial charge in [-0.2, -0.15) is 22.7 Å². The van der Waals surface area contributed by atoms with E-state index in [9.17, 15) is 32.7 Å². The topological polar surface area (TPSA) is 160 Å². The number of nitrogens with one attached hydrogen (secondary N) is 1. The number of ether oxygens (including phenoxy) is 1. The number of alkyl halides is 3. The van der Waals surface area contributed by atoms with E-state index in [2.05, 4.69) is 25.4 Å². The predicted molar refractivity (Wildman–Crippen MR) is 162 cm³/mol. The quantitative estimate of drug-likeness (QED) is 0.317. The molecule has 0 atom stereocenters. The average Bonchev–Trinajstić information content (AvgIpc) is 3.50. The van der Waals surface area contributed by atoms with Crippen LogP contribution in [-0.2, 0) is 22.3 Å². The Morgan fingerprint density at radius 1 is 1.09 bits per heavy atom. The summed E-state index contributed by atoms with van der Waals surface area (Å²) in [7, 11) is 0. The van der Waals surface area contributed by atoms with Crippen LogP contribution in [0.3, 0.4) is 0 Å². The second kappa shape index (κ2) is 12.5. The number of fused-ring (bicyclic) bond motifs is 1. The first-order valence-corrected chi connectivity index (χ1v) is 14.7. The van der Waals surface area contributed by atoms with Crippen molar-refractivity contribution < 1.29 is 32.6 Å². The van der Waals surface area contributed by atoms with Crippen molar-refractivity contribution in [1.82, 2.24) is 34.0 Å². The van der Waals surface area contributed by atoms with Crippen molar-refractivity contribution in [1.29, 1.82) is 0 Å². The van der Waals surface area contributed by atoms with E-state index >= 15 is 0 Å². The SMILES string of the molecule is Cc1nc(C(F)(F)F)ccc1NC(=O)Cn1c(C)c(N2CCN(C(=O)c3ncccc3O)CC2)c(=O)n2nc(C3=CCOCC3)nc12. The number of nitrogens with zero attached hydrogens (tertiary/aromatic N) is 8. The number of hydrogen-bond donors (Lipinski definition) is 2. The van der Waals surface area contributed by atoms with Crippen molar-refractivity contribution in [3.63, 3.8) is 0 Å². The molecule has 6 rings (SSSR count). The summed E-state index contributed by atoms with van der Waals surface area (Å²) in [5, 5.41) is 17.2. The molecule has 0 radical (unpaired) electrons. The maximum atomic E-state index is 13.9.